The van der Waals surface area contributed by atoms with Gasteiger partial charge in [0.1, 0.15) is 11.4 Å². The maximum atomic E-state index is 13.1. The minimum atomic E-state index is -1.39. The number of ether oxygens (including phenoxy) is 1. The number of esters is 1. The molecule has 0 spiro atoms. The Morgan fingerprint density at radius 3 is 2.46 bits per heavy atom. The van der Waals surface area contributed by atoms with Crippen molar-refractivity contribution >= 4 is 28.9 Å². The molecule has 2 aromatic rings. The van der Waals surface area contributed by atoms with E-state index in [0.717, 1.165) is 0 Å². The lowest BCUT2D eigenvalue weighted by atomic mass is 10.0. The molecule has 0 aromatic heterocycles. The fourth-order valence-electron chi connectivity index (χ4n) is 3.10. The number of nitrogens with zero attached hydrogens (tertiary/aromatic N) is 2. The van der Waals surface area contributed by atoms with Gasteiger partial charge >= 0.3 is 5.97 Å². The molecule has 8 nitrogen and oxygen atoms in total. The van der Waals surface area contributed by atoms with Crippen molar-refractivity contribution in [1.29, 1.82) is 0 Å². The van der Waals surface area contributed by atoms with Crippen LogP contribution in [-0.4, -0.2) is 28.9 Å². The van der Waals surface area contributed by atoms with Crippen LogP contribution in [0.4, 0.5) is 17.1 Å². The molecule has 0 radical (unpaired) electrons. The van der Waals surface area contributed by atoms with Crippen LogP contribution in [0.15, 0.2) is 66.4 Å². The molecule has 2 aromatic carbocycles. The number of carbonyl (C=O) groups is 2. The molecule has 0 bridgehead atoms. The van der Waals surface area contributed by atoms with E-state index >= 15 is 0 Å². The van der Waals surface area contributed by atoms with Gasteiger partial charge in [-0.25, -0.2) is 4.79 Å². The van der Waals surface area contributed by atoms with E-state index in [0.29, 0.717) is 5.69 Å². The topological polar surface area (TPSA) is 102 Å². The number of amides is 1. The maximum absolute atomic E-state index is 13.1. The second-order valence-corrected chi connectivity index (χ2v) is 6.30. The first-order chi connectivity index (χ1) is 13.4. The second-order valence-electron chi connectivity index (χ2n) is 6.30. The van der Waals surface area contributed by atoms with Crippen LogP contribution >= 0.6 is 0 Å². The van der Waals surface area contributed by atoms with Crippen molar-refractivity contribution in [3.8, 4) is 0 Å². The number of nitrogens with one attached hydrogen (secondary N) is 1. The Morgan fingerprint density at radius 2 is 1.82 bits per heavy atom. The number of para-hydroxylation sites is 3. The molecule has 1 atom stereocenters. The smallest absolute Gasteiger partial charge is 0.336 e. The van der Waals surface area contributed by atoms with Crippen LogP contribution in [0.5, 0.6) is 0 Å². The summed E-state index contributed by atoms with van der Waals surface area (Å²) in [5.74, 6) is -1.08. The largest absolute Gasteiger partial charge is 0.464 e. The molecule has 144 valence electrons. The molecule has 1 unspecified atom stereocenters. The number of hydrogen-bond acceptors (Lipinski definition) is 6. The fraction of sp³-hybridized carbons (Fsp3) is 0.200. The van der Waals surface area contributed by atoms with Gasteiger partial charge in [-0.1, -0.05) is 30.3 Å². The molecular formula is C20H19N3O5. The van der Waals surface area contributed by atoms with Crippen molar-refractivity contribution < 1.29 is 19.2 Å². The van der Waals surface area contributed by atoms with E-state index in [9.17, 15) is 19.7 Å². The van der Waals surface area contributed by atoms with E-state index in [1.807, 2.05) is 0 Å². The highest BCUT2D eigenvalue weighted by atomic mass is 16.6. The van der Waals surface area contributed by atoms with Crippen molar-refractivity contribution in [3.05, 3.63) is 76.5 Å². The Labute approximate surface area is 161 Å². The molecule has 1 aliphatic rings. The molecule has 0 fully saturated rings. The van der Waals surface area contributed by atoms with E-state index < -0.39 is 22.3 Å². The lowest BCUT2D eigenvalue weighted by Gasteiger charge is -2.32. The monoisotopic (exact) mass is 381 g/mol. The van der Waals surface area contributed by atoms with Gasteiger partial charge in [-0.15, -0.1) is 0 Å². The molecule has 3 rings (SSSR count). The summed E-state index contributed by atoms with van der Waals surface area (Å²) in [6.45, 7) is 3.41. The van der Waals surface area contributed by atoms with Crippen molar-refractivity contribution in [2.45, 2.75) is 19.4 Å². The number of anilines is 2. The Bertz CT molecular complexity index is 957. The van der Waals surface area contributed by atoms with Crippen molar-refractivity contribution in [2.24, 2.45) is 0 Å². The van der Waals surface area contributed by atoms with Gasteiger partial charge in [0.2, 0.25) is 0 Å². The summed E-state index contributed by atoms with van der Waals surface area (Å²) in [7, 11) is 0. The Hall–Kier alpha value is -3.68. The number of rotatable bonds is 6. The predicted molar refractivity (Wildman–Crippen MR) is 104 cm³/mol. The first-order valence-corrected chi connectivity index (χ1v) is 8.68. The fourth-order valence-corrected chi connectivity index (χ4v) is 3.10. The number of carbonyl (C=O) groups excluding carboxylic acids is 2. The van der Waals surface area contributed by atoms with Crippen molar-refractivity contribution in [2.75, 3.05) is 16.8 Å². The highest BCUT2D eigenvalue weighted by Gasteiger charge is 2.49. The minimum Gasteiger partial charge on any atom is -0.464 e. The quantitative estimate of drug-likeness (QED) is 0.468. The number of hydrogen-bond donors (Lipinski definition) is 1. The number of nitro benzene ring substituents is 1. The standard InChI is InChI=1S/C20H19N3O5/c1-3-28-19(25)20(2)13-16(18(24)22(20)14-9-5-4-6-10-14)21-15-11-7-8-12-17(15)23(26)27/h4-13,21H,3H2,1-2H3. The molecule has 1 amide bonds. The molecular weight excluding hydrogens is 362 g/mol. The zero-order valence-corrected chi connectivity index (χ0v) is 15.4. The zero-order chi connectivity index (χ0) is 20.3. The first kappa shape index (κ1) is 19.1. The van der Waals surface area contributed by atoms with Crippen LogP contribution in [0.2, 0.25) is 0 Å². The summed E-state index contributed by atoms with van der Waals surface area (Å²) in [5.41, 5.74) is -0.826. The Morgan fingerprint density at radius 1 is 1.18 bits per heavy atom. The second kappa shape index (κ2) is 7.51. The molecule has 1 heterocycles. The molecule has 1 N–H and O–H groups in total. The number of benzene rings is 2. The summed E-state index contributed by atoms with van der Waals surface area (Å²) < 4.78 is 5.18. The van der Waals surface area contributed by atoms with Gasteiger partial charge in [0.05, 0.1) is 11.5 Å². The van der Waals surface area contributed by atoms with Crippen molar-refractivity contribution in [1.82, 2.24) is 0 Å². The van der Waals surface area contributed by atoms with Gasteiger partial charge < -0.3 is 10.1 Å². The molecule has 0 saturated heterocycles. The average molecular weight is 381 g/mol. The van der Waals surface area contributed by atoms with Gasteiger partial charge in [0, 0.05) is 11.8 Å². The number of nitro groups is 1. The maximum Gasteiger partial charge on any atom is 0.336 e. The lowest BCUT2D eigenvalue weighted by Crippen LogP contribution is -2.51. The van der Waals surface area contributed by atoms with E-state index in [1.54, 1.807) is 50.2 Å². The minimum absolute atomic E-state index is 0.0636. The summed E-state index contributed by atoms with van der Waals surface area (Å²) in [6, 6.07) is 14.7. The average Bonchev–Trinajstić information content (AvgIpc) is 2.94. The van der Waals surface area contributed by atoms with Crippen LogP contribution in [-0.2, 0) is 14.3 Å². The van der Waals surface area contributed by atoms with Gasteiger partial charge in [-0.3, -0.25) is 19.8 Å². The molecule has 0 saturated carbocycles. The van der Waals surface area contributed by atoms with Gasteiger partial charge in [-0.05, 0) is 38.1 Å². The third-order valence-corrected chi connectivity index (χ3v) is 4.40. The molecule has 8 heteroatoms. The molecule has 28 heavy (non-hydrogen) atoms. The molecule has 1 aliphatic heterocycles. The van der Waals surface area contributed by atoms with Gasteiger partial charge in [0.15, 0.2) is 5.54 Å². The van der Waals surface area contributed by atoms with Crippen LogP contribution in [0.3, 0.4) is 0 Å². The Balaban J connectivity index is 2.04. The normalized spacial score (nSPS) is 18.6. The predicted octanol–water partition coefficient (Wildman–Crippen LogP) is 3.26. The van der Waals surface area contributed by atoms with Crippen LogP contribution in [0.1, 0.15) is 13.8 Å². The molecule has 0 aliphatic carbocycles. The van der Waals surface area contributed by atoms with Crippen LogP contribution in [0.25, 0.3) is 0 Å². The summed E-state index contributed by atoms with van der Waals surface area (Å²) >= 11 is 0. The van der Waals surface area contributed by atoms with E-state index in [1.165, 1.54) is 29.2 Å². The SMILES string of the molecule is CCOC(=O)C1(C)C=C(Nc2ccccc2[N+](=O)[O-])C(=O)N1c1ccccc1. The van der Waals surface area contributed by atoms with Crippen molar-refractivity contribution in [3.63, 3.8) is 0 Å². The van der Waals surface area contributed by atoms with Crippen LogP contribution in [0, 0.1) is 10.1 Å². The first-order valence-electron chi connectivity index (χ1n) is 8.68. The third-order valence-electron chi connectivity index (χ3n) is 4.40. The zero-order valence-electron chi connectivity index (χ0n) is 15.4. The summed E-state index contributed by atoms with van der Waals surface area (Å²) in [4.78, 5) is 37.8. The lowest BCUT2D eigenvalue weighted by molar-refractivity contribution is -0.383. The van der Waals surface area contributed by atoms with Gasteiger partial charge in [-0.2, -0.15) is 0 Å². The van der Waals surface area contributed by atoms with Crippen LogP contribution < -0.4 is 10.2 Å². The van der Waals surface area contributed by atoms with E-state index in [4.69, 9.17) is 4.74 Å². The van der Waals surface area contributed by atoms with E-state index in [-0.39, 0.29) is 23.7 Å². The summed E-state index contributed by atoms with van der Waals surface area (Å²) in [5, 5.41) is 14.1. The highest BCUT2D eigenvalue weighted by molar-refractivity contribution is 6.16. The Kier molecular flexibility index (Phi) is 5.12. The summed E-state index contributed by atoms with van der Waals surface area (Å²) in [6.07, 6.45) is 1.44. The van der Waals surface area contributed by atoms with Gasteiger partial charge in [0.25, 0.3) is 11.6 Å². The highest BCUT2D eigenvalue weighted by Crippen LogP contribution is 2.36. The van der Waals surface area contributed by atoms with E-state index in [2.05, 4.69) is 5.32 Å². The third kappa shape index (κ3) is 3.32.